The Morgan fingerprint density at radius 3 is 2.55 bits per heavy atom. The van der Waals surface area contributed by atoms with Gasteiger partial charge in [0.25, 0.3) is 0 Å². The smallest absolute Gasteiger partial charge is 0.416 e. The van der Waals surface area contributed by atoms with Gasteiger partial charge in [-0.2, -0.15) is 0 Å². The van der Waals surface area contributed by atoms with Crippen molar-refractivity contribution in [2.24, 2.45) is 0 Å². The monoisotopic (exact) mass is 572 g/mol. The van der Waals surface area contributed by atoms with Crippen LogP contribution >= 0.6 is 23.2 Å². The number of benzene rings is 3. The zero-order valence-corrected chi connectivity index (χ0v) is 23.0. The number of pyridine rings is 1. The third kappa shape index (κ3) is 5.57. The van der Waals surface area contributed by atoms with E-state index in [0.29, 0.717) is 41.9 Å². The van der Waals surface area contributed by atoms with Crippen molar-refractivity contribution < 1.29 is 14.3 Å². The SMILES string of the molecule is O=C(Oc1ccc(Cl)cc1)N1CCc2c([nH]c3ccc(Cl)cc23)C1c1ccc(OCCNc2cccnc2)cc1. The maximum atomic E-state index is 13.5. The van der Waals surface area contributed by atoms with E-state index in [2.05, 4.69) is 15.3 Å². The largest absolute Gasteiger partial charge is 0.492 e. The fourth-order valence-corrected chi connectivity index (χ4v) is 5.34. The Labute approximate surface area is 241 Å². The number of nitrogens with zero attached hydrogens (tertiary/aromatic N) is 2. The van der Waals surface area contributed by atoms with Crippen molar-refractivity contribution in [2.75, 3.05) is 25.0 Å². The zero-order chi connectivity index (χ0) is 27.5. The second kappa shape index (κ2) is 11.5. The normalized spacial score (nSPS) is 14.6. The van der Waals surface area contributed by atoms with Gasteiger partial charge < -0.3 is 19.8 Å². The number of amides is 1. The second-order valence-electron chi connectivity index (χ2n) is 9.46. The van der Waals surface area contributed by atoms with Gasteiger partial charge in [-0.1, -0.05) is 35.3 Å². The number of ether oxygens (including phenoxy) is 2. The summed E-state index contributed by atoms with van der Waals surface area (Å²) in [4.78, 5) is 22.9. The van der Waals surface area contributed by atoms with E-state index >= 15 is 0 Å². The summed E-state index contributed by atoms with van der Waals surface area (Å²) in [5.74, 6) is 1.18. The number of anilines is 1. The predicted octanol–water partition coefficient (Wildman–Crippen LogP) is 7.51. The molecule has 1 unspecified atom stereocenters. The lowest BCUT2D eigenvalue weighted by atomic mass is 9.92. The Balaban J connectivity index is 1.25. The van der Waals surface area contributed by atoms with Crippen molar-refractivity contribution >= 4 is 45.9 Å². The number of hydrogen-bond donors (Lipinski definition) is 2. The van der Waals surface area contributed by atoms with Crippen LogP contribution < -0.4 is 14.8 Å². The second-order valence-corrected chi connectivity index (χ2v) is 10.3. The van der Waals surface area contributed by atoms with Gasteiger partial charge in [-0.05, 0) is 84.3 Å². The van der Waals surface area contributed by atoms with E-state index in [1.165, 1.54) is 0 Å². The first-order chi connectivity index (χ1) is 19.5. The molecule has 0 spiro atoms. The molecule has 40 heavy (non-hydrogen) atoms. The molecule has 0 aliphatic carbocycles. The van der Waals surface area contributed by atoms with Crippen LogP contribution in [-0.4, -0.2) is 40.7 Å². The molecule has 6 rings (SSSR count). The molecule has 3 heterocycles. The summed E-state index contributed by atoms with van der Waals surface area (Å²) in [5.41, 5.74) is 4.96. The van der Waals surface area contributed by atoms with E-state index in [9.17, 15) is 4.79 Å². The quantitative estimate of drug-likeness (QED) is 0.197. The minimum Gasteiger partial charge on any atom is -0.492 e. The van der Waals surface area contributed by atoms with E-state index < -0.39 is 6.09 Å². The van der Waals surface area contributed by atoms with Crippen molar-refractivity contribution in [3.8, 4) is 11.5 Å². The first-order valence-corrected chi connectivity index (χ1v) is 13.7. The molecule has 2 N–H and O–H groups in total. The maximum absolute atomic E-state index is 13.5. The third-order valence-corrected chi connectivity index (χ3v) is 7.39. The lowest BCUT2D eigenvalue weighted by Gasteiger charge is -2.35. The van der Waals surface area contributed by atoms with Gasteiger partial charge in [0.2, 0.25) is 0 Å². The Morgan fingerprint density at radius 2 is 1.77 bits per heavy atom. The van der Waals surface area contributed by atoms with E-state index in [1.54, 1.807) is 41.6 Å². The van der Waals surface area contributed by atoms with Gasteiger partial charge in [-0.15, -0.1) is 0 Å². The minimum absolute atomic E-state index is 0.379. The summed E-state index contributed by atoms with van der Waals surface area (Å²) in [6.45, 7) is 1.62. The van der Waals surface area contributed by atoms with Gasteiger partial charge in [0.15, 0.2) is 0 Å². The van der Waals surface area contributed by atoms with E-state index in [0.717, 1.165) is 39.2 Å². The molecule has 0 saturated heterocycles. The van der Waals surface area contributed by atoms with Crippen molar-refractivity contribution in [1.29, 1.82) is 0 Å². The summed E-state index contributed by atoms with van der Waals surface area (Å²) in [7, 11) is 0. The van der Waals surface area contributed by atoms with Gasteiger partial charge in [0, 0.05) is 52.1 Å². The number of fused-ring (bicyclic) bond motifs is 3. The lowest BCUT2D eigenvalue weighted by molar-refractivity contribution is 0.135. The first-order valence-electron chi connectivity index (χ1n) is 13.0. The number of aromatic nitrogens is 2. The number of carbonyl (C=O) groups is 1. The van der Waals surface area contributed by atoms with Gasteiger partial charge in [0.1, 0.15) is 24.1 Å². The molecule has 0 saturated carbocycles. The third-order valence-electron chi connectivity index (χ3n) is 6.90. The molecule has 5 aromatic rings. The highest BCUT2D eigenvalue weighted by Gasteiger charge is 2.35. The number of carbonyl (C=O) groups excluding carboxylic acids is 1. The molecule has 0 bridgehead atoms. The topological polar surface area (TPSA) is 79.5 Å². The van der Waals surface area contributed by atoms with Crippen LogP contribution in [0.3, 0.4) is 0 Å². The van der Waals surface area contributed by atoms with Crippen LogP contribution in [0.2, 0.25) is 10.0 Å². The molecular weight excluding hydrogens is 547 g/mol. The lowest BCUT2D eigenvalue weighted by Crippen LogP contribution is -2.42. The molecule has 1 atom stereocenters. The fourth-order valence-electron chi connectivity index (χ4n) is 5.04. The highest BCUT2D eigenvalue weighted by atomic mass is 35.5. The van der Waals surface area contributed by atoms with Gasteiger partial charge in [-0.25, -0.2) is 4.79 Å². The summed E-state index contributed by atoms with van der Waals surface area (Å²) in [6.07, 6.45) is 3.75. The molecule has 2 aromatic heterocycles. The summed E-state index contributed by atoms with van der Waals surface area (Å²) in [6, 6.07) is 23.9. The van der Waals surface area contributed by atoms with Gasteiger partial charge >= 0.3 is 6.09 Å². The van der Waals surface area contributed by atoms with Crippen LogP contribution in [0, 0.1) is 0 Å². The van der Waals surface area contributed by atoms with Crippen molar-refractivity contribution in [3.05, 3.63) is 118 Å². The zero-order valence-electron chi connectivity index (χ0n) is 21.4. The van der Waals surface area contributed by atoms with Crippen LogP contribution in [0.15, 0.2) is 91.3 Å². The van der Waals surface area contributed by atoms with Crippen LogP contribution in [0.4, 0.5) is 10.5 Å². The number of aromatic amines is 1. The van der Waals surface area contributed by atoms with E-state index in [4.69, 9.17) is 32.7 Å². The molecule has 9 heteroatoms. The molecule has 1 amide bonds. The number of nitrogens with one attached hydrogen (secondary N) is 2. The van der Waals surface area contributed by atoms with Crippen molar-refractivity contribution in [2.45, 2.75) is 12.5 Å². The molecular formula is C31H26Cl2N4O3. The molecule has 202 valence electrons. The number of halogens is 2. The van der Waals surface area contributed by atoms with E-state index in [1.807, 2.05) is 54.6 Å². The number of rotatable bonds is 7. The van der Waals surface area contributed by atoms with Crippen molar-refractivity contribution in [3.63, 3.8) is 0 Å². The van der Waals surface area contributed by atoms with Crippen LogP contribution in [0.25, 0.3) is 10.9 Å². The first kappa shape index (κ1) is 26.0. The summed E-state index contributed by atoms with van der Waals surface area (Å²) in [5, 5.41) is 5.60. The minimum atomic E-state index is -0.434. The Bertz CT molecular complexity index is 1620. The molecule has 0 fully saturated rings. The highest BCUT2D eigenvalue weighted by molar-refractivity contribution is 6.31. The van der Waals surface area contributed by atoms with Crippen LogP contribution in [-0.2, 0) is 6.42 Å². The average Bonchev–Trinajstić information content (AvgIpc) is 3.35. The van der Waals surface area contributed by atoms with Crippen LogP contribution in [0.1, 0.15) is 22.9 Å². The summed E-state index contributed by atoms with van der Waals surface area (Å²) >= 11 is 12.3. The van der Waals surface area contributed by atoms with E-state index in [-0.39, 0.29) is 6.04 Å². The summed E-state index contributed by atoms with van der Waals surface area (Å²) < 4.78 is 11.7. The molecule has 7 nitrogen and oxygen atoms in total. The number of H-pyrrole nitrogens is 1. The molecule has 1 aliphatic heterocycles. The Kier molecular flexibility index (Phi) is 7.49. The average molecular weight is 573 g/mol. The predicted molar refractivity (Wildman–Crippen MR) is 158 cm³/mol. The van der Waals surface area contributed by atoms with Crippen molar-refractivity contribution in [1.82, 2.24) is 14.9 Å². The maximum Gasteiger partial charge on any atom is 0.416 e. The standard InChI is InChI=1S/C31H26Cl2N4O3/c32-21-5-10-25(11-6-21)40-31(38)37-16-13-26-27-18-22(33)7-12-28(27)36-29(26)30(37)20-3-8-24(9-4-20)39-17-15-35-23-2-1-14-34-19-23/h1-12,14,18-19,30,35-36H,13,15-17H2. The Hall–Kier alpha value is -4.20. The molecule has 0 radical (unpaired) electrons. The Morgan fingerprint density at radius 1 is 1.00 bits per heavy atom. The fraction of sp³-hybridized carbons (Fsp3) is 0.161. The number of hydrogen-bond acceptors (Lipinski definition) is 5. The van der Waals surface area contributed by atoms with Gasteiger partial charge in [0.05, 0.1) is 5.69 Å². The highest BCUT2D eigenvalue weighted by Crippen LogP contribution is 2.40. The van der Waals surface area contributed by atoms with Crippen LogP contribution in [0.5, 0.6) is 11.5 Å². The molecule has 1 aliphatic rings. The molecule has 3 aromatic carbocycles. The van der Waals surface area contributed by atoms with Gasteiger partial charge in [-0.3, -0.25) is 9.88 Å².